The molecule has 0 spiro atoms. The van der Waals surface area contributed by atoms with Crippen molar-refractivity contribution in [2.45, 2.75) is 25.2 Å². The van der Waals surface area contributed by atoms with Crippen molar-refractivity contribution in [3.63, 3.8) is 0 Å². The van der Waals surface area contributed by atoms with Gasteiger partial charge in [0.05, 0.1) is 17.3 Å². The molecule has 0 aliphatic carbocycles. The van der Waals surface area contributed by atoms with Crippen LogP contribution in [0.25, 0.3) is 0 Å². The van der Waals surface area contributed by atoms with Gasteiger partial charge in [0.1, 0.15) is 11.9 Å². The van der Waals surface area contributed by atoms with Gasteiger partial charge >= 0.3 is 6.18 Å². The SMILES string of the molecule is CC1Nc2cc(C(F)(F)F)ccc2OC1c1ccccc1. The van der Waals surface area contributed by atoms with Crippen LogP contribution in [0.15, 0.2) is 48.5 Å². The third-order valence-electron chi connectivity index (χ3n) is 3.53. The first-order chi connectivity index (χ1) is 9.95. The molecule has 110 valence electrons. The molecule has 0 aromatic heterocycles. The molecule has 0 amide bonds. The van der Waals surface area contributed by atoms with Crippen molar-refractivity contribution in [3.8, 4) is 5.75 Å². The van der Waals surface area contributed by atoms with Gasteiger partial charge in [0.2, 0.25) is 0 Å². The fraction of sp³-hybridized carbons (Fsp3) is 0.250. The fourth-order valence-electron chi connectivity index (χ4n) is 2.48. The van der Waals surface area contributed by atoms with Gasteiger partial charge < -0.3 is 10.1 Å². The first kappa shape index (κ1) is 13.8. The molecule has 21 heavy (non-hydrogen) atoms. The number of benzene rings is 2. The highest BCUT2D eigenvalue weighted by Gasteiger charge is 2.33. The summed E-state index contributed by atoms with van der Waals surface area (Å²) in [7, 11) is 0. The van der Waals surface area contributed by atoms with Crippen molar-refractivity contribution in [2.75, 3.05) is 5.32 Å². The van der Waals surface area contributed by atoms with Crippen LogP contribution < -0.4 is 10.1 Å². The molecule has 2 atom stereocenters. The van der Waals surface area contributed by atoms with E-state index >= 15 is 0 Å². The van der Waals surface area contributed by atoms with Crippen LogP contribution in [0.1, 0.15) is 24.2 Å². The lowest BCUT2D eigenvalue weighted by atomic mass is 10.0. The number of hydrogen-bond donors (Lipinski definition) is 1. The number of anilines is 1. The summed E-state index contributed by atoms with van der Waals surface area (Å²) in [6.07, 6.45) is -4.58. The summed E-state index contributed by atoms with van der Waals surface area (Å²) in [5.74, 6) is 0.440. The summed E-state index contributed by atoms with van der Waals surface area (Å²) < 4.78 is 44.1. The Hall–Kier alpha value is -2.17. The summed E-state index contributed by atoms with van der Waals surface area (Å²) in [5, 5.41) is 3.10. The van der Waals surface area contributed by atoms with Crippen molar-refractivity contribution in [2.24, 2.45) is 0 Å². The average molecular weight is 293 g/mol. The highest BCUT2D eigenvalue weighted by Crippen LogP contribution is 2.40. The van der Waals surface area contributed by atoms with Crippen LogP contribution in [-0.2, 0) is 6.18 Å². The van der Waals surface area contributed by atoms with Gasteiger partial charge in [-0.05, 0) is 30.7 Å². The quantitative estimate of drug-likeness (QED) is 0.827. The monoisotopic (exact) mass is 293 g/mol. The summed E-state index contributed by atoms with van der Waals surface area (Å²) >= 11 is 0. The maximum absolute atomic E-state index is 12.7. The molecular formula is C16H14F3NO. The van der Waals surface area contributed by atoms with Gasteiger partial charge in [-0.2, -0.15) is 13.2 Å². The van der Waals surface area contributed by atoms with Crippen LogP contribution in [0.2, 0.25) is 0 Å². The smallest absolute Gasteiger partial charge is 0.416 e. The van der Waals surface area contributed by atoms with E-state index in [0.717, 1.165) is 17.7 Å². The number of ether oxygens (including phenoxy) is 1. The Morgan fingerprint density at radius 3 is 2.43 bits per heavy atom. The zero-order valence-electron chi connectivity index (χ0n) is 11.3. The van der Waals surface area contributed by atoms with E-state index in [4.69, 9.17) is 4.74 Å². The van der Waals surface area contributed by atoms with Gasteiger partial charge in [-0.25, -0.2) is 0 Å². The van der Waals surface area contributed by atoms with Crippen LogP contribution >= 0.6 is 0 Å². The highest BCUT2D eigenvalue weighted by molar-refractivity contribution is 5.61. The number of alkyl halides is 3. The normalized spacial score (nSPS) is 21.1. The van der Waals surface area contributed by atoms with E-state index in [2.05, 4.69) is 5.32 Å². The molecule has 0 fully saturated rings. The first-order valence-electron chi connectivity index (χ1n) is 6.64. The minimum Gasteiger partial charge on any atom is -0.481 e. The Balaban J connectivity index is 1.93. The first-order valence-corrected chi connectivity index (χ1v) is 6.64. The Bertz CT molecular complexity index is 640. The number of rotatable bonds is 1. The molecule has 1 heterocycles. The molecule has 2 aromatic rings. The van der Waals surface area contributed by atoms with E-state index < -0.39 is 11.7 Å². The molecule has 0 radical (unpaired) electrons. The topological polar surface area (TPSA) is 21.3 Å². The van der Waals surface area contributed by atoms with Crippen molar-refractivity contribution >= 4 is 5.69 Å². The molecule has 2 aromatic carbocycles. The molecule has 0 saturated heterocycles. The van der Waals surface area contributed by atoms with Crippen molar-refractivity contribution < 1.29 is 17.9 Å². The molecule has 0 saturated carbocycles. The van der Waals surface area contributed by atoms with Gasteiger partial charge in [-0.15, -0.1) is 0 Å². The van der Waals surface area contributed by atoms with Crippen molar-refractivity contribution in [1.82, 2.24) is 0 Å². The molecule has 3 rings (SSSR count). The summed E-state index contributed by atoms with van der Waals surface area (Å²) in [6, 6.07) is 13.0. The third-order valence-corrected chi connectivity index (χ3v) is 3.53. The van der Waals surface area contributed by atoms with Gasteiger partial charge in [0.15, 0.2) is 0 Å². The molecule has 5 heteroatoms. The average Bonchev–Trinajstić information content (AvgIpc) is 2.46. The third kappa shape index (κ3) is 2.68. The predicted octanol–water partition coefficient (Wildman–Crippen LogP) is 4.64. The lowest BCUT2D eigenvalue weighted by molar-refractivity contribution is -0.137. The molecule has 2 unspecified atom stereocenters. The van der Waals surface area contributed by atoms with Crippen molar-refractivity contribution in [1.29, 1.82) is 0 Å². The number of nitrogens with one attached hydrogen (secondary N) is 1. The van der Waals surface area contributed by atoms with Crippen LogP contribution in [0.5, 0.6) is 5.75 Å². The number of fused-ring (bicyclic) bond motifs is 1. The summed E-state index contributed by atoms with van der Waals surface area (Å²) in [4.78, 5) is 0. The van der Waals surface area contributed by atoms with Gasteiger partial charge in [-0.3, -0.25) is 0 Å². The second kappa shape index (κ2) is 4.98. The standard InChI is InChI=1S/C16H14F3NO/c1-10-15(11-5-3-2-4-6-11)21-14-8-7-12(16(17,18)19)9-13(14)20-10/h2-10,15,20H,1H3. The van der Waals surface area contributed by atoms with Crippen LogP contribution in [-0.4, -0.2) is 6.04 Å². The van der Waals surface area contributed by atoms with E-state index in [1.165, 1.54) is 6.07 Å². The Labute approximate surface area is 120 Å². The molecule has 2 nitrogen and oxygen atoms in total. The largest absolute Gasteiger partial charge is 0.481 e. The van der Waals surface area contributed by atoms with Gasteiger partial charge in [-0.1, -0.05) is 30.3 Å². The molecule has 1 aliphatic rings. The lowest BCUT2D eigenvalue weighted by Crippen LogP contribution is -2.32. The number of halogens is 3. The Morgan fingerprint density at radius 2 is 1.76 bits per heavy atom. The maximum atomic E-state index is 12.7. The zero-order valence-corrected chi connectivity index (χ0v) is 11.3. The number of hydrogen-bond acceptors (Lipinski definition) is 2. The van der Waals surface area contributed by atoms with E-state index in [-0.39, 0.29) is 12.1 Å². The van der Waals surface area contributed by atoms with Crippen LogP contribution in [0, 0.1) is 0 Å². The van der Waals surface area contributed by atoms with Crippen LogP contribution in [0.3, 0.4) is 0 Å². The predicted molar refractivity (Wildman–Crippen MR) is 74.3 cm³/mol. The zero-order chi connectivity index (χ0) is 15.0. The van der Waals surface area contributed by atoms with E-state index in [9.17, 15) is 13.2 Å². The second-order valence-electron chi connectivity index (χ2n) is 5.09. The van der Waals surface area contributed by atoms with Crippen molar-refractivity contribution in [3.05, 3.63) is 59.7 Å². The molecule has 1 aliphatic heterocycles. The van der Waals surface area contributed by atoms with Gasteiger partial charge in [0, 0.05) is 0 Å². The molecule has 1 N–H and O–H groups in total. The summed E-state index contributed by atoms with van der Waals surface area (Å²) in [5.41, 5.74) is 0.690. The fourth-order valence-corrected chi connectivity index (χ4v) is 2.48. The Morgan fingerprint density at radius 1 is 1.05 bits per heavy atom. The highest BCUT2D eigenvalue weighted by atomic mass is 19.4. The van der Waals surface area contributed by atoms with E-state index in [0.29, 0.717) is 11.4 Å². The van der Waals surface area contributed by atoms with E-state index in [1.54, 1.807) is 0 Å². The van der Waals surface area contributed by atoms with Crippen LogP contribution in [0.4, 0.5) is 18.9 Å². The maximum Gasteiger partial charge on any atom is 0.416 e. The minimum absolute atomic E-state index is 0.122. The van der Waals surface area contributed by atoms with E-state index in [1.807, 2.05) is 37.3 Å². The summed E-state index contributed by atoms with van der Waals surface area (Å²) in [6.45, 7) is 1.89. The minimum atomic E-state index is -4.35. The van der Waals surface area contributed by atoms with Gasteiger partial charge in [0.25, 0.3) is 0 Å². The second-order valence-corrected chi connectivity index (χ2v) is 5.09. The Kier molecular flexibility index (Phi) is 3.27. The molecule has 0 bridgehead atoms. The molecular weight excluding hydrogens is 279 g/mol. The lowest BCUT2D eigenvalue weighted by Gasteiger charge is -2.33.